The second-order valence-corrected chi connectivity index (χ2v) is 6.69. The van der Waals surface area contributed by atoms with Gasteiger partial charge in [0.05, 0.1) is 17.4 Å². The second kappa shape index (κ2) is 5.45. The van der Waals surface area contributed by atoms with Crippen molar-refractivity contribution in [3.05, 3.63) is 30.5 Å². The van der Waals surface area contributed by atoms with Crippen molar-refractivity contribution >= 4 is 32.5 Å². The van der Waals surface area contributed by atoms with Gasteiger partial charge in [-0.25, -0.2) is 0 Å². The van der Waals surface area contributed by atoms with Crippen LogP contribution >= 0.6 is 15.9 Å². The van der Waals surface area contributed by atoms with Gasteiger partial charge in [0.1, 0.15) is 0 Å². The van der Waals surface area contributed by atoms with Gasteiger partial charge in [-0.05, 0) is 24.8 Å². The van der Waals surface area contributed by atoms with Crippen molar-refractivity contribution in [2.75, 3.05) is 18.0 Å². The average Bonchev–Trinajstić information content (AvgIpc) is 2.47. The van der Waals surface area contributed by atoms with Gasteiger partial charge in [0.2, 0.25) is 0 Å². The summed E-state index contributed by atoms with van der Waals surface area (Å²) < 4.78 is 0. The lowest BCUT2D eigenvalue weighted by atomic mass is 9.94. The fourth-order valence-electron chi connectivity index (χ4n) is 2.84. The average molecular weight is 320 g/mol. The minimum absolute atomic E-state index is 0.613. The lowest BCUT2D eigenvalue weighted by molar-refractivity contribution is 0.407. The molecule has 0 saturated carbocycles. The van der Waals surface area contributed by atoms with E-state index in [2.05, 4.69) is 50.1 Å². The molecule has 1 aromatic carbocycles. The van der Waals surface area contributed by atoms with Crippen LogP contribution in [0.25, 0.3) is 10.9 Å². The monoisotopic (exact) mass is 319 g/mol. The van der Waals surface area contributed by atoms with E-state index in [0.29, 0.717) is 4.83 Å². The van der Waals surface area contributed by atoms with Crippen LogP contribution in [-0.2, 0) is 0 Å². The minimum atomic E-state index is 0.613. The maximum absolute atomic E-state index is 4.20. The molecular formula is C15H18BrN3. The summed E-state index contributed by atoms with van der Waals surface area (Å²) in [5.74, 6) is 0.789. The smallest absolute Gasteiger partial charge is 0.0950 e. The van der Waals surface area contributed by atoms with Crippen molar-refractivity contribution in [1.82, 2.24) is 10.2 Å². The SMILES string of the molecule is CC(Br)C1CCN(c2cnnc3ccccc23)CC1. The molecule has 3 nitrogen and oxygen atoms in total. The molecule has 19 heavy (non-hydrogen) atoms. The number of aromatic nitrogens is 2. The minimum Gasteiger partial charge on any atom is -0.370 e. The van der Waals surface area contributed by atoms with E-state index in [9.17, 15) is 0 Å². The Kier molecular flexibility index (Phi) is 3.69. The second-order valence-electron chi connectivity index (χ2n) is 5.25. The van der Waals surface area contributed by atoms with Crippen molar-refractivity contribution in [3.63, 3.8) is 0 Å². The number of anilines is 1. The van der Waals surface area contributed by atoms with Gasteiger partial charge in [-0.15, -0.1) is 0 Å². The Balaban J connectivity index is 1.86. The first-order valence-electron chi connectivity index (χ1n) is 6.85. The van der Waals surface area contributed by atoms with Crippen molar-refractivity contribution in [2.45, 2.75) is 24.6 Å². The van der Waals surface area contributed by atoms with Crippen LogP contribution in [0.1, 0.15) is 19.8 Å². The molecule has 100 valence electrons. The van der Waals surface area contributed by atoms with Gasteiger partial charge in [-0.3, -0.25) is 0 Å². The van der Waals surface area contributed by atoms with E-state index in [1.54, 1.807) is 0 Å². The quantitative estimate of drug-likeness (QED) is 0.791. The van der Waals surface area contributed by atoms with Crippen molar-refractivity contribution in [3.8, 4) is 0 Å². The molecule has 1 atom stereocenters. The highest BCUT2D eigenvalue weighted by Gasteiger charge is 2.23. The van der Waals surface area contributed by atoms with Crippen molar-refractivity contribution in [1.29, 1.82) is 0 Å². The standard InChI is InChI=1S/C15H18BrN3/c1-11(16)12-6-8-19(9-7-12)15-10-17-18-14-5-3-2-4-13(14)15/h2-5,10-12H,6-9H2,1H3. The van der Waals surface area contributed by atoms with E-state index in [4.69, 9.17) is 0 Å². The summed E-state index contributed by atoms with van der Waals surface area (Å²) in [4.78, 5) is 3.06. The van der Waals surface area contributed by atoms with E-state index in [0.717, 1.165) is 24.5 Å². The third-order valence-electron chi connectivity index (χ3n) is 4.06. The number of alkyl halides is 1. The molecule has 0 N–H and O–H groups in total. The lowest BCUT2D eigenvalue weighted by Crippen LogP contribution is -2.36. The highest BCUT2D eigenvalue weighted by molar-refractivity contribution is 9.09. The molecule has 1 aromatic heterocycles. The van der Waals surface area contributed by atoms with Crippen LogP contribution in [0.2, 0.25) is 0 Å². The molecule has 1 aliphatic heterocycles. The van der Waals surface area contributed by atoms with E-state index in [-0.39, 0.29) is 0 Å². The van der Waals surface area contributed by atoms with Crippen molar-refractivity contribution < 1.29 is 0 Å². The number of piperidine rings is 1. The largest absolute Gasteiger partial charge is 0.370 e. The Morgan fingerprint density at radius 1 is 1.26 bits per heavy atom. The van der Waals surface area contributed by atoms with Gasteiger partial charge in [-0.2, -0.15) is 10.2 Å². The predicted octanol–water partition coefficient (Wildman–Crippen LogP) is 3.63. The highest BCUT2D eigenvalue weighted by Crippen LogP contribution is 2.30. The maximum atomic E-state index is 4.20. The molecular weight excluding hydrogens is 302 g/mol. The third kappa shape index (κ3) is 2.59. The Morgan fingerprint density at radius 3 is 2.74 bits per heavy atom. The molecule has 1 fully saturated rings. The first kappa shape index (κ1) is 12.9. The molecule has 0 radical (unpaired) electrons. The zero-order valence-electron chi connectivity index (χ0n) is 11.1. The molecule has 3 rings (SSSR count). The van der Waals surface area contributed by atoms with Gasteiger partial charge >= 0.3 is 0 Å². The molecule has 0 amide bonds. The summed E-state index contributed by atoms with van der Waals surface area (Å²) in [5.41, 5.74) is 2.21. The molecule has 0 bridgehead atoms. The Labute approximate surface area is 122 Å². The number of hydrogen-bond donors (Lipinski definition) is 0. The topological polar surface area (TPSA) is 29.0 Å². The van der Waals surface area contributed by atoms with E-state index in [1.165, 1.54) is 23.9 Å². The van der Waals surface area contributed by atoms with Crippen molar-refractivity contribution in [2.24, 2.45) is 5.92 Å². The molecule has 4 heteroatoms. The van der Waals surface area contributed by atoms with E-state index in [1.807, 2.05) is 18.3 Å². The molecule has 1 unspecified atom stereocenters. The zero-order chi connectivity index (χ0) is 13.2. The number of benzene rings is 1. The number of rotatable bonds is 2. The summed E-state index contributed by atoms with van der Waals surface area (Å²) >= 11 is 3.71. The van der Waals surface area contributed by atoms with Gasteiger partial charge in [0, 0.05) is 23.3 Å². The first-order chi connectivity index (χ1) is 9.25. The molecule has 0 aliphatic carbocycles. The van der Waals surface area contributed by atoms with Crippen LogP contribution in [0.3, 0.4) is 0 Å². The van der Waals surface area contributed by atoms with Crippen LogP contribution in [0.5, 0.6) is 0 Å². The number of halogens is 1. The van der Waals surface area contributed by atoms with Crippen LogP contribution in [-0.4, -0.2) is 28.1 Å². The summed E-state index contributed by atoms with van der Waals surface area (Å²) in [6.07, 6.45) is 4.38. The normalized spacial score (nSPS) is 18.7. The van der Waals surface area contributed by atoms with Gasteiger partial charge in [0.15, 0.2) is 0 Å². The molecule has 0 spiro atoms. The molecule has 1 aliphatic rings. The van der Waals surface area contributed by atoms with E-state index < -0.39 is 0 Å². The van der Waals surface area contributed by atoms with Crippen LogP contribution in [0.4, 0.5) is 5.69 Å². The Hall–Kier alpha value is -1.16. The van der Waals surface area contributed by atoms with Gasteiger partial charge in [-0.1, -0.05) is 41.1 Å². The van der Waals surface area contributed by atoms with Gasteiger partial charge in [0.25, 0.3) is 0 Å². The highest BCUT2D eigenvalue weighted by atomic mass is 79.9. The summed E-state index contributed by atoms with van der Waals surface area (Å²) in [6, 6.07) is 8.25. The number of fused-ring (bicyclic) bond motifs is 1. The fraction of sp³-hybridized carbons (Fsp3) is 0.467. The summed E-state index contributed by atoms with van der Waals surface area (Å²) in [6.45, 7) is 4.47. The fourth-order valence-corrected chi connectivity index (χ4v) is 3.37. The number of hydrogen-bond acceptors (Lipinski definition) is 3. The Bertz CT molecular complexity index is 557. The van der Waals surface area contributed by atoms with Gasteiger partial charge < -0.3 is 4.90 Å². The van der Waals surface area contributed by atoms with Crippen LogP contribution < -0.4 is 4.90 Å². The maximum Gasteiger partial charge on any atom is 0.0950 e. The third-order valence-corrected chi connectivity index (χ3v) is 4.80. The zero-order valence-corrected chi connectivity index (χ0v) is 12.7. The van der Waals surface area contributed by atoms with Crippen LogP contribution in [0, 0.1) is 5.92 Å². The van der Waals surface area contributed by atoms with Crippen LogP contribution in [0.15, 0.2) is 30.5 Å². The summed E-state index contributed by atoms with van der Waals surface area (Å²) in [7, 11) is 0. The van der Waals surface area contributed by atoms with E-state index >= 15 is 0 Å². The molecule has 2 aromatic rings. The lowest BCUT2D eigenvalue weighted by Gasteiger charge is -2.35. The first-order valence-corrected chi connectivity index (χ1v) is 7.76. The number of nitrogens with zero attached hydrogens (tertiary/aromatic N) is 3. The molecule has 2 heterocycles. The summed E-state index contributed by atoms with van der Waals surface area (Å²) in [5, 5.41) is 9.55. The molecule has 1 saturated heterocycles. The predicted molar refractivity (Wildman–Crippen MR) is 82.9 cm³/mol. The Morgan fingerprint density at radius 2 is 2.00 bits per heavy atom.